The van der Waals surface area contributed by atoms with E-state index in [0.29, 0.717) is 24.1 Å². The highest BCUT2D eigenvalue weighted by Crippen LogP contribution is 2.33. The summed E-state index contributed by atoms with van der Waals surface area (Å²) in [6, 6.07) is 2.71. The van der Waals surface area contributed by atoms with Gasteiger partial charge in [0.15, 0.2) is 0 Å². The highest BCUT2D eigenvalue weighted by molar-refractivity contribution is 5.57. The Morgan fingerprint density at radius 3 is 2.71 bits per heavy atom. The summed E-state index contributed by atoms with van der Waals surface area (Å²) in [4.78, 5) is 10.8. The van der Waals surface area contributed by atoms with Crippen LogP contribution in [-0.4, -0.2) is 22.6 Å². The molecule has 2 N–H and O–H groups in total. The van der Waals surface area contributed by atoms with E-state index in [1.807, 2.05) is 13.8 Å². The summed E-state index contributed by atoms with van der Waals surface area (Å²) in [5, 5.41) is 8.71. The molecule has 0 aromatic carbocycles. The second-order valence-corrected chi connectivity index (χ2v) is 4.44. The van der Waals surface area contributed by atoms with Gasteiger partial charge >= 0.3 is 0 Å². The molecular formula is C12H17N5. The van der Waals surface area contributed by atoms with Crippen LogP contribution in [-0.2, 0) is 0 Å². The first-order chi connectivity index (χ1) is 8.13. The Labute approximate surface area is 101 Å². The lowest BCUT2D eigenvalue weighted by atomic mass is 10.2. The highest BCUT2D eigenvalue weighted by Gasteiger charge is 2.31. The molecule has 5 nitrogen and oxygen atoms in total. The highest BCUT2D eigenvalue weighted by atomic mass is 15.2. The van der Waals surface area contributed by atoms with Crippen LogP contribution in [0.4, 0.5) is 11.6 Å². The smallest absolute Gasteiger partial charge is 0.137 e. The molecule has 1 saturated carbocycles. The van der Waals surface area contributed by atoms with Crippen LogP contribution in [0.15, 0.2) is 0 Å². The Balaban J connectivity index is 2.32. The van der Waals surface area contributed by atoms with Crippen molar-refractivity contribution in [2.45, 2.75) is 39.2 Å². The fraction of sp³-hybridized carbons (Fsp3) is 0.583. The minimum atomic E-state index is 0.513. The van der Waals surface area contributed by atoms with Crippen molar-refractivity contribution in [3.05, 3.63) is 11.4 Å². The van der Waals surface area contributed by atoms with Gasteiger partial charge in [0.1, 0.15) is 17.5 Å². The van der Waals surface area contributed by atoms with Gasteiger partial charge in [-0.1, -0.05) is 0 Å². The maximum atomic E-state index is 8.71. The second-order valence-electron chi connectivity index (χ2n) is 4.44. The summed E-state index contributed by atoms with van der Waals surface area (Å²) in [6.45, 7) is 4.50. The number of aromatic nitrogens is 2. The van der Waals surface area contributed by atoms with Gasteiger partial charge in [-0.25, -0.2) is 9.97 Å². The van der Waals surface area contributed by atoms with Gasteiger partial charge in [-0.15, -0.1) is 0 Å². The van der Waals surface area contributed by atoms with Crippen LogP contribution in [0.25, 0.3) is 0 Å². The number of rotatable bonds is 4. The quantitative estimate of drug-likeness (QED) is 0.850. The second kappa shape index (κ2) is 4.58. The molecule has 0 amide bonds. The summed E-state index contributed by atoms with van der Waals surface area (Å²) >= 11 is 0. The monoisotopic (exact) mass is 231 g/mol. The van der Waals surface area contributed by atoms with Crippen molar-refractivity contribution in [2.75, 3.05) is 17.2 Å². The van der Waals surface area contributed by atoms with E-state index < -0.39 is 0 Å². The molecule has 0 aliphatic heterocycles. The van der Waals surface area contributed by atoms with Crippen molar-refractivity contribution in [3.8, 4) is 6.07 Å². The normalized spacial score (nSPS) is 14.4. The fourth-order valence-electron chi connectivity index (χ4n) is 1.93. The van der Waals surface area contributed by atoms with E-state index >= 15 is 0 Å². The number of aryl methyl sites for hydroxylation is 1. The zero-order valence-electron chi connectivity index (χ0n) is 10.3. The van der Waals surface area contributed by atoms with E-state index in [4.69, 9.17) is 11.0 Å². The van der Waals surface area contributed by atoms with Gasteiger partial charge in [-0.2, -0.15) is 5.26 Å². The van der Waals surface area contributed by atoms with E-state index in [-0.39, 0.29) is 0 Å². The molecule has 0 radical (unpaired) electrons. The van der Waals surface area contributed by atoms with Crippen LogP contribution in [0.5, 0.6) is 0 Å². The number of hydrogen-bond acceptors (Lipinski definition) is 5. The number of anilines is 2. The first-order valence-electron chi connectivity index (χ1n) is 5.87. The Bertz CT molecular complexity index is 459. The van der Waals surface area contributed by atoms with Gasteiger partial charge in [0.05, 0.1) is 12.5 Å². The third-order valence-corrected chi connectivity index (χ3v) is 2.99. The van der Waals surface area contributed by atoms with Gasteiger partial charge in [0.25, 0.3) is 0 Å². The van der Waals surface area contributed by atoms with Crippen molar-refractivity contribution in [2.24, 2.45) is 0 Å². The summed E-state index contributed by atoms with van der Waals surface area (Å²) in [5.74, 6) is 2.12. The third-order valence-electron chi connectivity index (χ3n) is 2.99. The van der Waals surface area contributed by atoms with Crippen molar-refractivity contribution in [1.82, 2.24) is 9.97 Å². The lowest BCUT2D eigenvalue weighted by Gasteiger charge is -2.24. The largest absolute Gasteiger partial charge is 0.383 e. The van der Waals surface area contributed by atoms with Gasteiger partial charge in [-0.3, -0.25) is 0 Å². The molecule has 0 unspecified atom stereocenters. The summed E-state index contributed by atoms with van der Waals surface area (Å²) in [6.07, 6.45) is 2.86. The number of nitrogen functional groups attached to an aromatic ring is 1. The Morgan fingerprint density at radius 2 is 2.12 bits per heavy atom. The first kappa shape index (κ1) is 11.6. The van der Waals surface area contributed by atoms with Gasteiger partial charge in [-0.05, 0) is 26.7 Å². The minimum absolute atomic E-state index is 0.513. The first-order valence-corrected chi connectivity index (χ1v) is 5.87. The molecule has 1 aromatic rings. The van der Waals surface area contributed by atoms with Crippen molar-refractivity contribution in [3.63, 3.8) is 0 Å². The number of nitrogens with zero attached hydrogens (tertiary/aromatic N) is 4. The lowest BCUT2D eigenvalue weighted by molar-refractivity contribution is 0.767. The molecule has 2 rings (SSSR count). The maximum absolute atomic E-state index is 8.71. The van der Waals surface area contributed by atoms with Crippen molar-refractivity contribution < 1.29 is 0 Å². The Hall–Kier alpha value is -1.83. The van der Waals surface area contributed by atoms with Crippen LogP contribution >= 0.6 is 0 Å². The molecule has 0 spiro atoms. The van der Waals surface area contributed by atoms with Gasteiger partial charge in [0, 0.05) is 18.2 Å². The van der Waals surface area contributed by atoms with E-state index in [1.54, 1.807) is 0 Å². The summed E-state index contributed by atoms with van der Waals surface area (Å²) in [7, 11) is 0. The summed E-state index contributed by atoms with van der Waals surface area (Å²) in [5.41, 5.74) is 6.78. The average Bonchev–Trinajstić information content (AvgIpc) is 3.09. The van der Waals surface area contributed by atoms with Gasteiger partial charge < -0.3 is 10.6 Å². The van der Waals surface area contributed by atoms with Crippen LogP contribution in [0.1, 0.15) is 30.7 Å². The average molecular weight is 231 g/mol. The van der Waals surface area contributed by atoms with Gasteiger partial charge in [0.2, 0.25) is 0 Å². The zero-order chi connectivity index (χ0) is 12.4. The van der Waals surface area contributed by atoms with E-state index in [9.17, 15) is 0 Å². The molecule has 90 valence electrons. The molecule has 1 fully saturated rings. The molecule has 5 heteroatoms. The molecule has 0 saturated heterocycles. The Morgan fingerprint density at radius 1 is 1.41 bits per heavy atom. The van der Waals surface area contributed by atoms with Crippen molar-refractivity contribution in [1.29, 1.82) is 5.26 Å². The molecule has 1 aliphatic carbocycles. The van der Waals surface area contributed by atoms with Crippen molar-refractivity contribution >= 4 is 11.6 Å². The standard InChI is InChI=1S/C12H17N5/c1-8-11(14)15-9(2)16-12(8)17(7-3-6-13)10-4-5-10/h10H,3-5,7H2,1-2H3,(H2,14,15,16). The predicted octanol–water partition coefficient (Wildman–Crippen LogP) is 1.56. The molecule has 17 heavy (non-hydrogen) atoms. The molecule has 0 atom stereocenters. The fourth-order valence-corrected chi connectivity index (χ4v) is 1.93. The van der Waals surface area contributed by atoms with E-state index in [1.165, 1.54) is 12.8 Å². The zero-order valence-corrected chi connectivity index (χ0v) is 10.3. The van der Waals surface area contributed by atoms with Crippen LogP contribution in [0.2, 0.25) is 0 Å². The third kappa shape index (κ3) is 2.47. The minimum Gasteiger partial charge on any atom is -0.383 e. The van der Waals surface area contributed by atoms with Crippen LogP contribution in [0, 0.1) is 25.2 Å². The van der Waals surface area contributed by atoms with E-state index in [2.05, 4.69) is 20.9 Å². The number of nitriles is 1. The molecular weight excluding hydrogens is 214 g/mol. The SMILES string of the molecule is Cc1nc(N)c(C)c(N(CCC#N)C2CC2)n1. The molecule has 1 aromatic heterocycles. The molecule has 1 aliphatic rings. The van der Waals surface area contributed by atoms with Crippen LogP contribution < -0.4 is 10.6 Å². The predicted molar refractivity (Wildman–Crippen MR) is 66.5 cm³/mol. The maximum Gasteiger partial charge on any atom is 0.137 e. The molecule has 1 heterocycles. The summed E-state index contributed by atoms with van der Waals surface area (Å²) < 4.78 is 0. The lowest BCUT2D eigenvalue weighted by Crippen LogP contribution is -2.29. The topological polar surface area (TPSA) is 78.8 Å². The Kier molecular flexibility index (Phi) is 3.14. The van der Waals surface area contributed by atoms with Crippen LogP contribution in [0.3, 0.4) is 0 Å². The molecule has 0 bridgehead atoms. The number of nitrogens with two attached hydrogens (primary N) is 1. The number of hydrogen-bond donors (Lipinski definition) is 1. The van der Waals surface area contributed by atoms with E-state index in [0.717, 1.165) is 17.9 Å².